The molecule has 0 aromatic heterocycles. The molecule has 1 N–H and O–H groups in total. The molecule has 0 heterocycles. The first-order valence-corrected chi connectivity index (χ1v) is 2.70. The highest BCUT2D eigenvalue weighted by atomic mass is 16.7. The standard InChI is InChI=1S/C6H10O4/c1-3-5(7)10-6(8)4-9-2/h3,6,8H,1,4H2,2H3. The van der Waals surface area contributed by atoms with Crippen LogP contribution in [0.2, 0.25) is 0 Å². The molecule has 0 aliphatic heterocycles. The molecule has 58 valence electrons. The molecule has 1 unspecified atom stereocenters. The van der Waals surface area contributed by atoms with Gasteiger partial charge in [0, 0.05) is 13.2 Å². The van der Waals surface area contributed by atoms with Gasteiger partial charge >= 0.3 is 5.97 Å². The fourth-order valence-electron chi connectivity index (χ4n) is 0.359. The fourth-order valence-corrected chi connectivity index (χ4v) is 0.359. The molecule has 4 nitrogen and oxygen atoms in total. The monoisotopic (exact) mass is 146 g/mol. The van der Waals surface area contributed by atoms with Crippen molar-refractivity contribution in [3.63, 3.8) is 0 Å². The predicted octanol–water partition coefficient (Wildman–Crippen LogP) is -0.320. The molecule has 0 rings (SSSR count). The summed E-state index contributed by atoms with van der Waals surface area (Å²) in [4.78, 5) is 10.3. The van der Waals surface area contributed by atoms with E-state index in [4.69, 9.17) is 5.11 Å². The molecule has 1 atom stereocenters. The van der Waals surface area contributed by atoms with Crippen LogP contribution in [0.25, 0.3) is 0 Å². The lowest BCUT2D eigenvalue weighted by molar-refractivity contribution is -0.169. The Kier molecular flexibility index (Phi) is 4.53. The van der Waals surface area contributed by atoms with E-state index in [0.29, 0.717) is 0 Å². The summed E-state index contributed by atoms with van der Waals surface area (Å²) < 4.78 is 8.80. The highest BCUT2D eigenvalue weighted by Crippen LogP contribution is 1.88. The molecule has 0 radical (unpaired) electrons. The molecule has 0 aliphatic rings. The lowest BCUT2D eigenvalue weighted by Crippen LogP contribution is -2.20. The summed E-state index contributed by atoms with van der Waals surface area (Å²) >= 11 is 0. The number of hydrogen-bond acceptors (Lipinski definition) is 4. The Morgan fingerprint density at radius 2 is 2.50 bits per heavy atom. The van der Waals surface area contributed by atoms with Crippen molar-refractivity contribution >= 4 is 5.97 Å². The van der Waals surface area contributed by atoms with Gasteiger partial charge < -0.3 is 14.6 Å². The van der Waals surface area contributed by atoms with Gasteiger partial charge in [-0.05, 0) is 0 Å². The molecular formula is C6H10O4. The van der Waals surface area contributed by atoms with Crippen molar-refractivity contribution in [3.8, 4) is 0 Å². The maximum absolute atomic E-state index is 10.3. The van der Waals surface area contributed by atoms with Gasteiger partial charge in [-0.25, -0.2) is 4.79 Å². The van der Waals surface area contributed by atoms with Crippen molar-refractivity contribution < 1.29 is 19.4 Å². The second-order valence-corrected chi connectivity index (χ2v) is 1.55. The summed E-state index contributed by atoms with van der Waals surface area (Å²) in [6.07, 6.45) is -0.228. The Labute approximate surface area is 59.1 Å². The van der Waals surface area contributed by atoms with Gasteiger partial charge in [0.15, 0.2) is 0 Å². The van der Waals surface area contributed by atoms with Crippen molar-refractivity contribution in [2.45, 2.75) is 6.29 Å². The fraction of sp³-hybridized carbons (Fsp3) is 0.500. The highest BCUT2D eigenvalue weighted by Gasteiger charge is 2.05. The lowest BCUT2D eigenvalue weighted by Gasteiger charge is -2.07. The van der Waals surface area contributed by atoms with Crippen LogP contribution in [0, 0.1) is 0 Å². The molecule has 0 aromatic carbocycles. The van der Waals surface area contributed by atoms with Crippen LogP contribution >= 0.6 is 0 Å². The van der Waals surface area contributed by atoms with Gasteiger partial charge in [-0.3, -0.25) is 0 Å². The molecule has 4 heteroatoms. The number of aliphatic hydroxyl groups is 1. The number of hydrogen-bond donors (Lipinski definition) is 1. The zero-order valence-electron chi connectivity index (χ0n) is 5.74. The van der Waals surface area contributed by atoms with E-state index in [1.54, 1.807) is 0 Å². The molecule has 0 amide bonds. The SMILES string of the molecule is C=CC(=O)OC(O)COC. The minimum atomic E-state index is -1.20. The van der Waals surface area contributed by atoms with E-state index in [1.165, 1.54) is 7.11 Å². The molecule has 0 bridgehead atoms. The molecule has 0 saturated carbocycles. The van der Waals surface area contributed by atoms with Crippen LogP contribution in [0.5, 0.6) is 0 Å². The molecule has 10 heavy (non-hydrogen) atoms. The summed E-state index contributed by atoms with van der Waals surface area (Å²) in [6, 6.07) is 0. The summed E-state index contributed by atoms with van der Waals surface area (Å²) in [5.41, 5.74) is 0. The zero-order chi connectivity index (χ0) is 7.98. The van der Waals surface area contributed by atoms with Gasteiger partial charge in [-0.1, -0.05) is 6.58 Å². The largest absolute Gasteiger partial charge is 0.430 e. The first kappa shape index (κ1) is 9.13. The van der Waals surface area contributed by atoms with E-state index in [2.05, 4.69) is 16.1 Å². The third kappa shape index (κ3) is 4.05. The van der Waals surface area contributed by atoms with E-state index in [0.717, 1.165) is 6.08 Å². The Bertz CT molecular complexity index is 121. The second-order valence-electron chi connectivity index (χ2n) is 1.55. The van der Waals surface area contributed by atoms with Crippen molar-refractivity contribution in [1.82, 2.24) is 0 Å². The van der Waals surface area contributed by atoms with Crippen LogP contribution in [0.1, 0.15) is 0 Å². The van der Waals surface area contributed by atoms with Gasteiger partial charge in [0.25, 0.3) is 0 Å². The third-order valence-electron chi connectivity index (χ3n) is 0.728. The topological polar surface area (TPSA) is 55.8 Å². The van der Waals surface area contributed by atoms with Crippen molar-refractivity contribution in [2.75, 3.05) is 13.7 Å². The van der Waals surface area contributed by atoms with E-state index < -0.39 is 12.3 Å². The Hall–Kier alpha value is -0.870. The summed E-state index contributed by atoms with van der Waals surface area (Å²) in [5, 5.41) is 8.73. The number of carbonyl (C=O) groups is 1. The van der Waals surface area contributed by atoms with Crippen LogP contribution < -0.4 is 0 Å². The van der Waals surface area contributed by atoms with Crippen LogP contribution in [-0.2, 0) is 14.3 Å². The van der Waals surface area contributed by atoms with Gasteiger partial charge in [0.05, 0.1) is 0 Å². The number of aliphatic hydroxyl groups excluding tert-OH is 1. The minimum absolute atomic E-state index is 0.0282. The third-order valence-corrected chi connectivity index (χ3v) is 0.728. The average Bonchev–Trinajstić information content (AvgIpc) is 1.88. The molecule has 0 aromatic rings. The minimum Gasteiger partial charge on any atom is -0.430 e. The molecule has 0 aliphatic carbocycles. The highest BCUT2D eigenvalue weighted by molar-refractivity contribution is 5.81. The second kappa shape index (κ2) is 4.96. The normalized spacial score (nSPS) is 12.2. The van der Waals surface area contributed by atoms with Gasteiger partial charge in [-0.2, -0.15) is 0 Å². The molecule has 0 spiro atoms. The number of ether oxygens (including phenoxy) is 2. The quantitative estimate of drug-likeness (QED) is 0.335. The van der Waals surface area contributed by atoms with Crippen molar-refractivity contribution in [2.24, 2.45) is 0 Å². The van der Waals surface area contributed by atoms with Crippen molar-refractivity contribution in [3.05, 3.63) is 12.7 Å². The molecule has 0 fully saturated rings. The van der Waals surface area contributed by atoms with Gasteiger partial charge in [0.2, 0.25) is 6.29 Å². The molecule has 0 saturated heterocycles. The van der Waals surface area contributed by atoms with E-state index >= 15 is 0 Å². The summed E-state index contributed by atoms with van der Waals surface area (Å²) in [7, 11) is 1.39. The summed E-state index contributed by atoms with van der Waals surface area (Å²) in [5.74, 6) is -0.662. The van der Waals surface area contributed by atoms with Gasteiger partial charge in [0.1, 0.15) is 6.61 Å². The van der Waals surface area contributed by atoms with E-state index in [9.17, 15) is 4.79 Å². The maximum Gasteiger partial charge on any atom is 0.332 e. The van der Waals surface area contributed by atoms with Gasteiger partial charge in [-0.15, -0.1) is 0 Å². The number of rotatable bonds is 4. The van der Waals surface area contributed by atoms with Crippen LogP contribution in [-0.4, -0.2) is 31.1 Å². The van der Waals surface area contributed by atoms with Crippen LogP contribution in [0.4, 0.5) is 0 Å². The van der Waals surface area contributed by atoms with Crippen LogP contribution in [0.3, 0.4) is 0 Å². The average molecular weight is 146 g/mol. The first-order chi connectivity index (χ1) is 4.70. The van der Waals surface area contributed by atoms with Crippen LogP contribution in [0.15, 0.2) is 12.7 Å². The number of methoxy groups -OCH3 is 1. The number of carbonyl (C=O) groups excluding carboxylic acids is 1. The Balaban J connectivity index is 3.46. The Morgan fingerprint density at radius 1 is 1.90 bits per heavy atom. The zero-order valence-corrected chi connectivity index (χ0v) is 5.74. The smallest absolute Gasteiger partial charge is 0.332 e. The maximum atomic E-state index is 10.3. The summed E-state index contributed by atoms with van der Waals surface area (Å²) in [6.45, 7) is 3.12. The van der Waals surface area contributed by atoms with E-state index in [-0.39, 0.29) is 6.61 Å². The number of esters is 1. The molecular weight excluding hydrogens is 136 g/mol. The van der Waals surface area contributed by atoms with Crippen molar-refractivity contribution in [1.29, 1.82) is 0 Å². The first-order valence-electron chi connectivity index (χ1n) is 2.70. The van der Waals surface area contributed by atoms with E-state index in [1.807, 2.05) is 0 Å². The Morgan fingerprint density at radius 3 is 2.90 bits per heavy atom. The lowest BCUT2D eigenvalue weighted by atomic mass is 10.6. The predicted molar refractivity (Wildman–Crippen MR) is 34.2 cm³/mol.